The maximum absolute atomic E-state index is 11.8. The number of carbonyl (C=O) groups is 1. The molecule has 10 heteroatoms. The van der Waals surface area contributed by atoms with Crippen molar-refractivity contribution in [3.8, 4) is 5.75 Å². The Balaban J connectivity index is 1.40. The van der Waals surface area contributed by atoms with Gasteiger partial charge in [0.05, 0.1) is 17.1 Å². The Morgan fingerprint density at radius 3 is 2.61 bits per heavy atom. The molecular formula is C23H30N4O6. The summed E-state index contributed by atoms with van der Waals surface area (Å²) in [5.41, 5.74) is 7.02. The Hall–Kier alpha value is -3.37. The van der Waals surface area contributed by atoms with Crippen LogP contribution in [0.1, 0.15) is 36.5 Å². The van der Waals surface area contributed by atoms with Crippen molar-refractivity contribution < 1.29 is 24.3 Å². The maximum Gasteiger partial charge on any atom is 0.338 e. The van der Waals surface area contributed by atoms with E-state index in [1.54, 1.807) is 19.1 Å². The first-order chi connectivity index (χ1) is 15.9. The highest BCUT2D eigenvalue weighted by atomic mass is 16.6. The lowest BCUT2D eigenvalue weighted by Gasteiger charge is -2.34. The summed E-state index contributed by atoms with van der Waals surface area (Å²) >= 11 is 0. The average molecular weight is 459 g/mol. The third-order valence-electron chi connectivity index (χ3n) is 5.57. The number of nitro benzene ring substituents is 1. The normalized spacial score (nSPS) is 15.2. The third-order valence-corrected chi connectivity index (χ3v) is 5.57. The number of esters is 1. The molecular weight excluding hydrogens is 428 g/mol. The minimum Gasteiger partial charge on any atom is -0.463 e. The lowest BCUT2D eigenvalue weighted by molar-refractivity contribution is -0.384. The number of hydrogen-bond acceptors (Lipinski definition) is 9. The number of para-hydroxylation sites is 1. The van der Waals surface area contributed by atoms with Crippen LogP contribution in [0.3, 0.4) is 0 Å². The highest BCUT2D eigenvalue weighted by Crippen LogP contribution is 2.31. The quantitative estimate of drug-likeness (QED) is 0.161. The first-order valence-corrected chi connectivity index (χ1v) is 11.0. The fourth-order valence-corrected chi connectivity index (χ4v) is 3.78. The van der Waals surface area contributed by atoms with E-state index < -0.39 is 11.2 Å². The van der Waals surface area contributed by atoms with E-state index in [4.69, 9.17) is 15.2 Å². The molecule has 3 rings (SSSR count). The number of benzene rings is 2. The zero-order valence-electron chi connectivity index (χ0n) is 18.6. The number of nitro groups is 1. The van der Waals surface area contributed by atoms with E-state index in [2.05, 4.69) is 10.2 Å². The summed E-state index contributed by atoms with van der Waals surface area (Å²) in [6.07, 6.45) is 1.07. The number of aliphatic hydroxyl groups excluding tert-OH is 1. The molecule has 1 unspecified atom stereocenters. The van der Waals surface area contributed by atoms with Gasteiger partial charge in [0.25, 0.3) is 5.69 Å². The van der Waals surface area contributed by atoms with Crippen LogP contribution in [0, 0.1) is 10.1 Å². The van der Waals surface area contributed by atoms with Gasteiger partial charge in [0.2, 0.25) is 0 Å². The van der Waals surface area contributed by atoms with E-state index in [0.29, 0.717) is 31.2 Å². The maximum atomic E-state index is 11.8. The molecule has 178 valence electrons. The lowest BCUT2D eigenvalue weighted by atomic mass is 10.0. The van der Waals surface area contributed by atoms with Crippen molar-refractivity contribution in [3.05, 3.63) is 58.1 Å². The number of carbonyl (C=O) groups excluding carboxylic acids is 1. The Morgan fingerprint density at radius 1 is 1.27 bits per heavy atom. The van der Waals surface area contributed by atoms with Crippen LogP contribution >= 0.6 is 0 Å². The number of nitrogen functional groups attached to an aromatic ring is 1. The summed E-state index contributed by atoms with van der Waals surface area (Å²) in [5.74, 6) is -0.217. The van der Waals surface area contributed by atoms with E-state index in [9.17, 15) is 20.0 Å². The molecule has 0 bridgehead atoms. The number of anilines is 2. The number of piperidine rings is 1. The van der Waals surface area contributed by atoms with Gasteiger partial charge in [-0.1, -0.05) is 6.07 Å². The summed E-state index contributed by atoms with van der Waals surface area (Å²) in [5, 5.41) is 24.5. The van der Waals surface area contributed by atoms with Crippen LogP contribution in [0.5, 0.6) is 5.75 Å². The summed E-state index contributed by atoms with van der Waals surface area (Å²) in [7, 11) is 0. The predicted molar refractivity (Wildman–Crippen MR) is 124 cm³/mol. The number of nitrogens with zero attached hydrogens (tertiary/aromatic N) is 2. The van der Waals surface area contributed by atoms with Crippen LogP contribution in [0.2, 0.25) is 0 Å². The topological polar surface area (TPSA) is 140 Å². The predicted octanol–water partition coefficient (Wildman–Crippen LogP) is 2.70. The van der Waals surface area contributed by atoms with Gasteiger partial charge < -0.3 is 30.5 Å². The smallest absolute Gasteiger partial charge is 0.338 e. The summed E-state index contributed by atoms with van der Waals surface area (Å²) in [6, 6.07) is 12.0. The molecule has 0 radical (unpaired) electrons. The van der Waals surface area contributed by atoms with Crippen molar-refractivity contribution in [2.45, 2.75) is 38.5 Å². The van der Waals surface area contributed by atoms with Gasteiger partial charge >= 0.3 is 5.97 Å². The molecule has 1 heterocycles. The minimum atomic E-state index is -1.13. The van der Waals surface area contributed by atoms with Crippen LogP contribution in [0.4, 0.5) is 17.1 Å². The summed E-state index contributed by atoms with van der Waals surface area (Å²) in [4.78, 5) is 24.4. The third kappa shape index (κ3) is 6.56. The first-order valence-electron chi connectivity index (χ1n) is 11.0. The Morgan fingerprint density at radius 2 is 1.97 bits per heavy atom. The molecule has 0 aliphatic carbocycles. The van der Waals surface area contributed by atoms with Gasteiger partial charge in [-0.05, 0) is 50.1 Å². The summed E-state index contributed by atoms with van der Waals surface area (Å²) < 4.78 is 10.4. The molecule has 0 aromatic heterocycles. The molecule has 10 nitrogen and oxygen atoms in total. The van der Waals surface area contributed by atoms with Crippen molar-refractivity contribution in [1.29, 1.82) is 0 Å². The Labute approximate surface area is 192 Å². The van der Waals surface area contributed by atoms with E-state index in [-0.39, 0.29) is 23.1 Å². The molecule has 1 aliphatic heterocycles. The molecule has 1 aliphatic rings. The van der Waals surface area contributed by atoms with Crippen LogP contribution in [0.15, 0.2) is 42.5 Å². The Bertz CT molecular complexity index is 944. The molecule has 1 fully saturated rings. The zero-order chi connectivity index (χ0) is 23.8. The van der Waals surface area contributed by atoms with E-state index >= 15 is 0 Å². The highest BCUT2D eigenvalue weighted by molar-refractivity contribution is 5.89. The lowest BCUT2D eigenvalue weighted by Crippen LogP contribution is -2.43. The van der Waals surface area contributed by atoms with Crippen molar-refractivity contribution in [2.75, 3.05) is 36.9 Å². The number of aliphatic hydroxyl groups is 1. The standard InChI is InChI=1S/C23H30N4O6/c1-2-32-23(29)16-6-8-18(9-7-16)26-14-11-17(12-15-26)25-13-10-21(28)33-20-5-3-4-19(22(20)24)27(30)31/h3-9,17,21,25,28H,2,10-15,24H2,1H3. The van der Waals surface area contributed by atoms with Crippen LogP contribution in [0.25, 0.3) is 0 Å². The number of nitrogens with two attached hydrogens (primary N) is 1. The van der Waals surface area contributed by atoms with Crippen LogP contribution < -0.4 is 20.7 Å². The molecule has 2 aromatic carbocycles. The second kappa shape index (κ2) is 11.5. The number of ether oxygens (including phenoxy) is 2. The second-order valence-corrected chi connectivity index (χ2v) is 7.79. The first kappa shape index (κ1) is 24.3. The molecule has 4 N–H and O–H groups in total. The molecule has 1 saturated heterocycles. The molecule has 0 amide bonds. The van der Waals surface area contributed by atoms with Crippen molar-refractivity contribution in [1.82, 2.24) is 5.32 Å². The highest BCUT2D eigenvalue weighted by Gasteiger charge is 2.21. The second-order valence-electron chi connectivity index (χ2n) is 7.79. The van der Waals surface area contributed by atoms with Crippen molar-refractivity contribution >= 4 is 23.0 Å². The SMILES string of the molecule is CCOC(=O)c1ccc(N2CCC(NCCC(O)Oc3cccc([N+](=O)[O-])c3N)CC2)cc1. The number of nitrogens with one attached hydrogen (secondary N) is 1. The van der Waals surface area contributed by atoms with Gasteiger partial charge in [-0.25, -0.2) is 4.79 Å². The Kier molecular flexibility index (Phi) is 8.45. The van der Waals surface area contributed by atoms with Gasteiger partial charge in [-0.2, -0.15) is 0 Å². The van der Waals surface area contributed by atoms with E-state index in [1.165, 1.54) is 18.2 Å². The molecule has 0 spiro atoms. The van der Waals surface area contributed by atoms with Crippen LogP contribution in [-0.4, -0.2) is 54.6 Å². The van der Waals surface area contributed by atoms with Gasteiger partial charge in [-0.15, -0.1) is 0 Å². The van der Waals surface area contributed by atoms with Crippen LogP contribution in [-0.2, 0) is 4.74 Å². The fourth-order valence-electron chi connectivity index (χ4n) is 3.78. The van der Waals surface area contributed by atoms with Gasteiger partial charge in [-0.3, -0.25) is 10.1 Å². The van der Waals surface area contributed by atoms with Crippen molar-refractivity contribution in [2.24, 2.45) is 0 Å². The average Bonchev–Trinajstić information content (AvgIpc) is 2.81. The number of hydrogen-bond donors (Lipinski definition) is 3. The molecule has 2 aromatic rings. The monoisotopic (exact) mass is 458 g/mol. The molecule has 1 atom stereocenters. The fraction of sp³-hybridized carbons (Fsp3) is 0.435. The number of rotatable bonds is 10. The van der Waals surface area contributed by atoms with Gasteiger partial charge in [0.1, 0.15) is 0 Å². The van der Waals surface area contributed by atoms with E-state index in [1.807, 2.05) is 12.1 Å². The molecule has 0 saturated carbocycles. The molecule has 33 heavy (non-hydrogen) atoms. The zero-order valence-corrected chi connectivity index (χ0v) is 18.6. The minimum absolute atomic E-state index is 0.0963. The van der Waals surface area contributed by atoms with Gasteiger partial charge in [0.15, 0.2) is 17.7 Å². The van der Waals surface area contributed by atoms with E-state index in [0.717, 1.165) is 31.6 Å². The summed E-state index contributed by atoms with van der Waals surface area (Å²) in [6.45, 7) is 4.42. The van der Waals surface area contributed by atoms with Crippen molar-refractivity contribution in [3.63, 3.8) is 0 Å². The van der Waals surface area contributed by atoms with Gasteiger partial charge in [0, 0.05) is 43.9 Å². The largest absolute Gasteiger partial charge is 0.463 e.